The number of hydrogen-bond donors (Lipinski definition) is 1. The minimum Gasteiger partial charge on any atom is -0.313 e. The lowest BCUT2D eigenvalue weighted by atomic mass is 10.2. The molecule has 0 aliphatic heterocycles. The number of nitrogens with one attached hydrogen (secondary N) is 1. The maximum absolute atomic E-state index is 13.0. The highest BCUT2D eigenvalue weighted by molar-refractivity contribution is 6.31. The molecule has 0 unspecified atom stereocenters. The minimum absolute atomic E-state index is 0.223. The van der Waals surface area contributed by atoms with E-state index in [-0.39, 0.29) is 5.82 Å². The molecule has 1 aliphatic carbocycles. The molecule has 0 bridgehead atoms. The van der Waals surface area contributed by atoms with Crippen molar-refractivity contribution >= 4 is 11.6 Å². The molecule has 0 atom stereocenters. The van der Waals surface area contributed by atoms with Crippen LogP contribution in [0.25, 0.3) is 0 Å². The predicted molar refractivity (Wildman–Crippen MR) is 65.1 cm³/mol. The Kier molecular flexibility index (Phi) is 4.19. The van der Waals surface area contributed by atoms with Gasteiger partial charge < -0.3 is 5.32 Å². The van der Waals surface area contributed by atoms with Crippen molar-refractivity contribution in [3.63, 3.8) is 0 Å². The van der Waals surface area contributed by atoms with Crippen molar-refractivity contribution in [2.45, 2.75) is 32.2 Å². The number of hydrogen-bond acceptors (Lipinski definition) is 1. The normalized spacial score (nSPS) is 15.4. The van der Waals surface area contributed by atoms with Gasteiger partial charge in [-0.1, -0.05) is 24.4 Å². The summed E-state index contributed by atoms with van der Waals surface area (Å²) in [5.41, 5.74) is 0.841. The van der Waals surface area contributed by atoms with Crippen molar-refractivity contribution < 1.29 is 4.39 Å². The lowest BCUT2D eigenvalue weighted by Crippen LogP contribution is -2.15. The van der Waals surface area contributed by atoms with Crippen molar-refractivity contribution in [1.29, 1.82) is 0 Å². The highest BCUT2D eigenvalue weighted by Gasteiger charge is 2.19. The van der Waals surface area contributed by atoms with Crippen LogP contribution in [0, 0.1) is 11.7 Å². The summed E-state index contributed by atoms with van der Waals surface area (Å²) in [5.74, 6) is 0.763. The largest absolute Gasteiger partial charge is 0.313 e. The van der Waals surface area contributed by atoms with Crippen LogP contribution < -0.4 is 5.32 Å². The standard InChI is InChI=1S/C13H17ClFN/c14-13-6-5-12(15)8-11(13)9-16-7-1-2-10-3-4-10/h5-6,8,10,16H,1-4,7,9H2. The van der Waals surface area contributed by atoms with Crippen LogP contribution in [0.3, 0.4) is 0 Å². The third-order valence-corrected chi connectivity index (χ3v) is 3.35. The maximum atomic E-state index is 13.0. The second-order valence-electron chi connectivity index (χ2n) is 4.50. The molecule has 1 nitrogen and oxygen atoms in total. The highest BCUT2D eigenvalue weighted by Crippen LogP contribution is 2.33. The maximum Gasteiger partial charge on any atom is 0.123 e. The molecule has 0 spiro atoms. The Morgan fingerprint density at radius 1 is 1.38 bits per heavy atom. The molecule has 0 heterocycles. The van der Waals surface area contributed by atoms with E-state index in [2.05, 4.69) is 5.32 Å². The van der Waals surface area contributed by atoms with Gasteiger partial charge in [-0.05, 0) is 49.1 Å². The van der Waals surface area contributed by atoms with Crippen LogP contribution in [0.1, 0.15) is 31.2 Å². The van der Waals surface area contributed by atoms with Crippen molar-refractivity contribution in [3.8, 4) is 0 Å². The van der Waals surface area contributed by atoms with E-state index in [9.17, 15) is 4.39 Å². The van der Waals surface area contributed by atoms with Crippen molar-refractivity contribution in [1.82, 2.24) is 5.32 Å². The van der Waals surface area contributed by atoms with Crippen LogP contribution in [0.5, 0.6) is 0 Å². The molecule has 0 radical (unpaired) electrons. The molecule has 1 saturated carbocycles. The van der Waals surface area contributed by atoms with E-state index in [1.165, 1.54) is 37.8 Å². The van der Waals surface area contributed by atoms with E-state index in [0.29, 0.717) is 11.6 Å². The molecular formula is C13H17ClFN. The van der Waals surface area contributed by atoms with Crippen molar-refractivity contribution in [2.75, 3.05) is 6.54 Å². The second-order valence-corrected chi connectivity index (χ2v) is 4.91. The van der Waals surface area contributed by atoms with E-state index < -0.39 is 0 Å². The summed E-state index contributed by atoms with van der Waals surface area (Å²) >= 11 is 5.96. The van der Waals surface area contributed by atoms with Crippen LogP contribution in [0.2, 0.25) is 5.02 Å². The van der Waals surface area contributed by atoms with Gasteiger partial charge in [-0.25, -0.2) is 4.39 Å². The Morgan fingerprint density at radius 2 is 2.19 bits per heavy atom. The lowest BCUT2D eigenvalue weighted by Gasteiger charge is -2.06. The minimum atomic E-state index is -0.223. The van der Waals surface area contributed by atoms with Crippen LogP contribution in [-0.2, 0) is 6.54 Å². The molecule has 0 amide bonds. The molecule has 1 aromatic rings. The van der Waals surface area contributed by atoms with Crippen molar-refractivity contribution in [3.05, 3.63) is 34.6 Å². The Labute approximate surface area is 101 Å². The molecule has 1 N–H and O–H groups in total. The molecule has 16 heavy (non-hydrogen) atoms. The van der Waals surface area contributed by atoms with Gasteiger partial charge in [0.15, 0.2) is 0 Å². The smallest absolute Gasteiger partial charge is 0.123 e. The summed E-state index contributed by atoms with van der Waals surface area (Å²) in [4.78, 5) is 0. The second kappa shape index (κ2) is 5.65. The third-order valence-electron chi connectivity index (χ3n) is 2.99. The van der Waals surface area contributed by atoms with Crippen LogP contribution in [0.4, 0.5) is 4.39 Å². The zero-order valence-electron chi connectivity index (χ0n) is 9.31. The van der Waals surface area contributed by atoms with Crippen molar-refractivity contribution in [2.24, 2.45) is 5.92 Å². The van der Waals surface area contributed by atoms with E-state index in [0.717, 1.165) is 18.0 Å². The molecule has 2 rings (SSSR count). The number of halogens is 2. The van der Waals surface area contributed by atoms with Gasteiger partial charge in [-0.15, -0.1) is 0 Å². The summed E-state index contributed by atoms with van der Waals surface area (Å²) in [6.07, 6.45) is 5.35. The quantitative estimate of drug-likeness (QED) is 0.748. The van der Waals surface area contributed by atoms with Gasteiger partial charge in [-0.2, -0.15) is 0 Å². The Hall–Kier alpha value is -0.600. The SMILES string of the molecule is Fc1ccc(Cl)c(CNCCCC2CC2)c1. The molecule has 88 valence electrons. The summed E-state index contributed by atoms with van der Waals surface area (Å²) in [6, 6.07) is 4.49. The molecule has 0 aromatic heterocycles. The van der Waals surface area contributed by atoms with Gasteiger partial charge in [0.2, 0.25) is 0 Å². The number of benzene rings is 1. The van der Waals surface area contributed by atoms with Gasteiger partial charge in [0.05, 0.1) is 0 Å². The van der Waals surface area contributed by atoms with Crippen LogP contribution in [-0.4, -0.2) is 6.54 Å². The highest BCUT2D eigenvalue weighted by atomic mass is 35.5. The molecule has 1 fully saturated rings. The van der Waals surface area contributed by atoms with Gasteiger partial charge in [-0.3, -0.25) is 0 Å². The topological polar surface area (TPSA) is 12.0 Å². The van der Waals surface area contributed by atoms with Gasteiger partial charge >= 0.3 is 0 Å². The van der Waals surface area contributed by atoms with Gasteiger partial charge in [0.25, 0.3) is 0 Å². The number of rotatable bonds is 6. The van der Waals surface area contributed by atoms with E-state index in [1.54, 1.807) is 6.07 Å². The van der Waals surface area contributed by atoms with E-state index >= 15 is 0 Å². The fraction of sp³-hybridized carbons (Fsp3) is 0.538. The monoisotopic (exact) mass is 241 g/mol. The van der Waals surface area contributed by atoms with Gasteiger partial charge in [0, 0.05) is 11.6 Å². The van der Waals surface area contributed by atoms with Crippen LogP contribution in [0.15, 0.2) is 18.2 Å². The fourth-order valence-electron chi connectivity index (χ4n) is 1.82. The predicted octanol–water partition coefficient (Wildman–Crippen LogP) is 3.76. The fourth-order valence-corrected chi connectivity index (χ4v) is 2.01. The first kappa shape index (κ1) is 11.9. The zero-order chi connectivity index (χ0) is 11.4. The van der Waals surface area contributed by atoms with Gasteiger partial charge in [0.1, 0.15) is 5.82 Å². The first-order valence-corrected chi connectivity index (χ1v) is 6.28. The first-order chi connectivity index (χ1) is 7.75. The van der Waals surface area contributed by atoms with E-state index in [1.807, 2.05) is 0 Å². The molecule has 0 saturated heterocycles. The molecule has 1 aliphatic rings. The van der Waals surface area contributed by atoms with Crippen LogP contribution >= 0.6 is 11.6 Å². The first-order valence-electron chi connectivity index (χ1n) is 5.90. The average Bonchev–Trinajstić information content (AvgIpc) is 3.06. The summed E-state index contributed by atoms with van der Waals surface area (Å²) in [5, 5.41) is 3.94. The molecule has 1 aromatic carbocycles. The Bertz CT molecular complexity index is 350. The Morgan fingerprint density at radius 3 is 2.94 bits per heavy atom. The average molecular weight is 242 g/mol. The summed E-state index contributed by atoms with van der Waals surface area (Å²) < 4.78 is 13.0. The lowest BCUT2D eigenvalue weighted by molar-refractivity contribution is 0.589. The Balaban J connectivity index is 1.69. The summed E-state index contributed by atoms with van der Waals surface area (Å²) in [6.45, 7) is 1.64. The molecular weight excluding hydrogens is 225 g/mol. The summed E-state index contributed by atoms with van der Waals surface area (Å²) in [7, 11) is 0. The van der Waals surface area contributed by atoms with E-state index in [4.69, 9.17) is 11.6 Å². The third kappa shape index (κ3) is 3.76. The zero-order valence-corrected chi connectivity index (χ0v) is 10.1. The molecule has 3 heteroatoms.